The summed E-state index contributed by atoms with van der Waals surface area (Å²) in [7, 11) is 0. The van der Waals surface area contributed by atoms with Crippen LogP contribution in [0.25, 0.3) is 0 Å². The number of fused-ring (bicyclic) bond motifs is 1. The fourth-order valence-corrected chi connectivity index (χ4v) is 3.70. The Bertz CT molecular complexity index is 935. The number of nitrogens with zero attached hydrogens (tertiary/aromatic N) is 1. The van der Waals surface area contributed by atoms with Gasteiger partial charge in [-0.2, -0.15) is 0 Å². The van der Waals surface area contributed by atoms with E-state index in [1.165, 1.54) is 0 Å². The second-order valence-corrected chi connectivity index (χ2v) is 7.86. The van der Waals surface area contributed by atoms with Gasteiger partial charge in [0.25, 0.3) is 0 Å². The number of likely N-dealkylation sites (N-methyl/N-ethyl adjacent to an activating group) is 1. The van der Waals surface area contributed by atoms with Gasteiger partial charge in [-0.05, 0) is 55.7 Å². The molecule has 0 radical (unpaired) electrons. The summed E-state index contributed by atoms with van der Waals surface area (Å²) in [6.07, 6.45) is 0.761. The molecule has 1 aliphatic heterocycles. The van der Waals surface area contributed by atoms with E-state index in [0.29, 0.717) is 34.5 Å². The molecule has 3 rings (SSSR count). The highest BCUT2D eigenvalue weighted by molar-refractivity contribution is 6.35. The molecule has 1 N–H and O–H groups in total. The summed E-state index contributed by atoms with van der Waals surface area (Å²) in [4.78, 5) is 27.1. The van der Waals surface area contributed by atoms with Gasteiger partial charge in [-0.1, -0.05) is 35.3 Å². The molecular formula is C22H24Cl2N2O4. The lowest BCUT2D eigenvalue weighted by Crippen LogP contribution is -2.47. The number of benzene rings is 2. The maximum atomic E-state index is 13.1. The maximum absolute atomic E-state index is 13.1. The predicted molar refractivity (Wildman–Crippen MR) is 116 cm³/mol. The number of aryl methyl sites for hydroxylation is 1. The van der Waals surface area contributed by atoms with Crippen LogP contribution in [0.15, 0.2) is 36.4 Å². The Morgan fingerprint density at radius 1 is 1.13 bits per heavy atom. The first-order chi connectivity index (χ1) is 14.4. The molecule has 0 fully saturated rings. The molecule has 0 spiro atoms. The van der Waals surface area contributed by atoms with Gasteiger partial charge in [-0.15, -0.1) is 0 Å². The maximum Gasteiger partial charge on any atom is 0.242 e. The van der Waals surface area contributed by atoms with E-state index in [4.69, 9.17) is 32.7 Å². The van der Waals surface area contributed by atoms with Crippen LogP contribution in [0.3, 0.4) is 0 Å². The molecule has 160 valence electrons. The second-order valence-electron chi connectivity index (χ2n) is 7.02. The smallest absolute Gasteiger partial charge is 0.242 e. The van der Waals surface area contributed by atoms with Crippen molar-refractivity contribution in [2.24, 2.45) is 0 Å². The van der Waals surface area contributed by atoms with Gasteiger partial charge in [-0.25, -0.2) is 0 Å². The van der Waals surface area contributed by atoms with E-state index in [1.54, 1.807) is 30.0 Å². The van der Waals surface area contributed by atoms with Crippen LogP contribution in [-0.4, -0.2) is 36.1 Å². The average molecular weight is 451 g/mol. The van der Waals surface area contributed by atoms with E-state index in [0.717, 1.165) is 11.1 Å². The molecule has 1 heterocycles. The number of amides is 2. The minimum Gasteiger partial charge on any atom is -0.454 e. The number of rotatable bonds is 8. The number of carbonyl (C=O) groups excluding carboxylic acids is 2. The van der Waals surface area contributed by atoms with Crippen LogP contribution in [0, 0.1) is 0 Å². The summed E-state index contributed by atoms with van der Waals surface area (Å²) < 4.78 is 10.7. The number of halogens is 2. The van der Waals surface area contributed by atoms with Crippen LogP contribution < -0.4 is 14.8 Å². The van der Waals surface area contributed by atoms with Crippen molar-refractivity contribution >= 4 is 35.0 Å². The normalized spacial score (nSPS) is 13.1. The molecule has 0 unspecified atom stereocenters. The fraction of sp³-hybridized carbons (Fsp3) is 0.364. The van der Waals surface area contributed by atoms with Crippen molar-refractivity contribution in [3.8, 4) is 11.5 Å². The highest BCUT2D eigenvalue weighted by atomic mass is 35.5. The van der Waals surface area contributed by atoms with Gasteiger partial charge in [-0.3, -0.25) is 9.59 Å². The zero-order valence-electron chi connectivity index (χ0n) is 16.9. The van der Waals surface area contributed by atoms with Gasteiger partial charge in [0.1, 0.15) is 6.04 Å². The van der Waals surface area contributed by atoms with Crippen molar-refractivity contribution in [2.75, 3.05) is 13.3 Å². The lowest BCUT2D eigenvalue weighted by Gasteiger charge is -2.29. The molecule has 2 aromatic carbocycles. The van der Waals surface area contributed by atoms with E-state index >= 15 is 0 Å². The largest absolute Gasteiger partial charge is 0.454 e. The van der Waals surface area contributed by atoms with Crippen molar-refractivity contribution in [1.29, 1.82) is 0 Å². The van der Waals surface area contributed by atoms with Crippen LogP contribution in [-0.2, 0) is 22.6 Å². The minimum absolute atomic E-state index is 0.141. The van der Waals surface area contributed by atoms with Crippen LogP contribution in [0.4, 0.5) is 0 Å². The summed E-state index contributed by atoms with van der Waals surface area (Å²) in [6, 6.07) is 10.1. The van der Waals surface area contributed by atoms with Gasteiger partial charge >= 0.3 is 0 Å². The second kappa shape index (κ2) is 10.0. The fourth-order valence-electron chi connectivity index (χ4n) is 3.23. The van der Waals surface area contributed by atoms with Gasteiger partial charge < -0.3 is 19.7 Å². The van der Waals surface area contributed by atoms with Gasteiger partial charge in [0.2, 0.25) is 18.6 Å². The monoisotopic (exact) mass is 450 g/mol. The van der Waals surface area contributed by atoms with Gasteiger partial charge in [0.15, 0.2) is 11.5 Å². The van der Waals surface area contributed by atoms with Crippen molar-refractivity contribution in [2.45, 2.75) is 39.3 Å². The van der Waals surface area contributed by atoms with Crippen molar-refractivity contribution in [1.82, 2.24) is 10.2 Å². The van der Waals surface area contributed by atoms with E-state index in [1.807, 2.05) is 25.1 Å². The summed E-state index contributed by atoms with van der Waals surface area (Å²) in [5, 5.41) is 3.75. The van der Waals surface area contributed by atoms with Crippen molar-refractivity contribution in [3.05, 3.63) is 57.6 Å². The minimum atomic E-state index is -0.638. The highest BCUT2D eigenvalue weighted by Gasteiger charge is 2.26. The standard InChI is InChI=1S/C22H24Cl2N2O4/c1-3-25-22(28)14(2)26(12-16-6-7-17(23)11-18(16)24)21(27)9-5-15-4-8-19-20(10-15)30-13-29-19/h4,6-8,10-11,14H,3,5,9,12-13H2,1-2H3,(H,25,28)/t14-/m0/s1. The molecule has 6 nitrogen and oxygen atoms in total. The Morgan fingerprint density at radius 2 is 1.90 bits per heavy atom. The average Bonchev–Trinajstić information content (AvgIpc) is 3.19. The summed E-state index contributed by atoms with van der Waals surface area (Å²) >= 11 is 12.3. The summed E-state index contributed by atoms with van der Waals surface area (Å²) in [6.45, 7) is 4.47. The van der Waals surface area contributed by atoms with Crippen molar-refractivity contribution < 1.29 is 19.1 Å². The molecule has 1 aliphatic rings. The molecule has 1 atom stereocenters. The molecule has 2 amide bonds. The third-order valence-corrected chi connectivity index (χ3v) is 5.53. The first kappa shape index (κ1) is 22.2. The molecule has 2 aromatic rings. The van der Waals surface area contributed by atoms with E-state index in [-0.39, 0.29) is 31.6 Å². The highest BCUT2D eigenvalue weighted by Crippen LogP contribution is 2.33. The molecular weight excluding hydrogens is 427 g/mol. The Hall–Kier alpha value is -2.44. The molecule has 0 aromatic heterocycles. The van der Waals surface area contributed by atoms with E-state index in [2.05, 4.69) is 5.32 Å². The Labute approximate surface area is 186 Å². The van der Waals surface area contributed by atoms with Gasteiger partial charge in [0.05, 0.1) is 0 Å². The molecule has 8 heteroatoms. The number of nitrogens with one attached hydrogen (secondary N) is 1. The Morgan fingerprint density at radius 3 is 2.63 bits per heavy atom. The first-order valence-corrected chi connectivity index (χ1v) is 10.5. The van der Waals surface area contributed by atoms with E-state index < -0.39 is 6.04 Å². The van der Waals surface area contributed by atoms with Crippen LogP contribution in [0.1, 0.15) is 31.4 Å². The third-order valence-electron chi connectivity index (χ3n) is 4.94. The first-order valence-electron chi connectivity index (χ1n) is 9.78. The van der Waals surface area contributed by atoms with Crippen LogP contribution in [0.2, 0.25) is 10.0 Å². The topological polar surface area (TPSA) is 67.9 Å². The lowest BCUT2D eigenvalue weighted by atomic mass is 10.1. The third kappa shape index (κ3) is 5.37. The molecule has 0 saturated carbocycles. The van der Waals surface area contributed by atoms with Crippen LogP contribution >= 0.6 is 23.2 Å². The van der Waals surface area contributed by atoms with Crippen molar-refractivity contribution in [3.63, 3.8) is 0 Å². The SMILES string of the molecule is CCNC(=O)[C@H](C)N(Cc1ccc(Cl)cc1Cl)C(=O)CCc1ccc2c(c1)OCO2. The zero-order valence-corrected chi connectivity index (χ0v) is 18.4. The molecule has 0 saturated heterocycles. The lowest BCUT2D eigenvalue weighted by molar-refractivity contribution is -0.140. The predicted octanol–water partition coefficient (Wildman–Crippen LogP) is 4.21. The zero-order chi connectivity index (χ0) is 21.7. The van der Waals surface area contributed by atoms with Gasteiger partial charge in [0, 0.05) is 29.6 Å². The summed E-state index contributed by atoms with van der Waals surface area (Å²) in [5.74, 6) is 1.03. The number of ether oxygens (including phenoxy) is 2. The number of hydrogen-bond donors (Lipinski definition) is 1. The molecule has 0 aliphatic carbocycles. The Kier molecular flexibility index (Phi) is 7.45. The quantitative estimate of drug-likeness (QED) is 0.653. The van der Waals surface area contributed by atoms with Crippen LogP contribution in [0.5, 0.6) is 11.5 Å². The van der Waals surface area contributed by atoms with E-state index in [9.17, 15) is 9.59 Å². The summed E-state index contributed by atoms with van der Waals surface area (Å²) in [5.41, 5.74) is 1.69. The number of carbonyl (C=O) groups is 2. The number of hydrogen-bond acceptors (Lipinski definition) is 4. The molecule has 0 bridgehead atoms. The Balaban J connectivity index is 1.74. The molecule has 30 heavy (non-hydrogen) atoms.